The SMILES string of the molecule is COc1ccc(Nc2cc(C(N)=S)ccn2)cc1Cl. The van der Waals surface area contributed by atoms with Crippen LogP contribution in [0.2, 0.25) is 5.02 Å². The summed E-state index contributed by atoms with van der Waals surface area (Å²) in [6.45, 7) is 0. The zero-order valence-corrected chi connectivity index (χ0v) is 11.8. The molecule has 0 bridgehead atoms. The fraction of sp³-hybridized carbons (Fsp3) is 0.0769. The summed E-state index contributed by atoms with van der Waals surface area (Å²) in [5.74, 6) is 1.27. The van der Waals surface area contributed by atoms with Gasteiger partial charge in [0.05, 0.1) is 12.1 Å². The number of nitrogens with one attached hydrogen (secondary N) is 1. The highest BCUT2D eigenvalue weighted by atomic mass is 35.5. The van der Waals surface area contributed by atoms with Crippen molar-refractivity contribution in [3.05, 3.63) is 47.1 Å². The lowest BCUT2D eigenvalue weighted by atomic mass is 10.2. The number of methoxy groups -OCH3 is 1. The summed E-state index contributed by atoms with van der Waals surface area (Å²) in [4.78, 5) is 4.52. The van der Waals surface area contributed by atoms with Crippen molar-refractivity contribution in [3.63, 3.8) is 0 Å². The lowest BCUT2D eigenvalue weighted by Crippen LogP contribution is -2.09. The van der Waals surface area contributed by atoms with Gasteiger partial charge in [-0.05, 0) is 30.3 Å². The Balaban J connectivity index is 2.23. The number of halogens is 1. The number of thiocarbonyl (C=S) groups is 1. The Bertz CT molecular complexity index is 619. The summed E-state index contributed by atoms with van der Waals surface area (Å²) in [5.41, 5.74) is 7.14. The molecule has 2 aromatic rings. The Morgan fingerprint density at radius 2 is 2.16 bits per heavy atom. The highest BCUT2D eigenvalue weighted by molar-refractivity contribution is 7.80. The lowest BCUT2D eigenvalue weighted by molar-refractivity contribution is 0.415. The van der Waals surface area contributed by atoms with E-state index < -0.39 is 0 Å². The molecule has 98 valence electrons. The second-order valence-electron chi connectivity index (χ2n) is 3.77. The third kappa shape index (κ3) is 3.33. The first-order chi connectivity index (χ1) is 9.10. The van der Waals surface area contributed by atoms with Crippen LogP contribution in [-0.2, 0) is 0 Å². The second kappa shape index (κ2) is 5.86. The fourth-order valence-electron chi connectivity index (χ4n) is 1.54. The van der Waals surface area contributed by atoms with E-state index in [2.05, 4.69) is 10.3 Å². The minimum Gasteiger partial charge on any atom is -0.495 e. The van der Waals surface area contributed by atoms with Gasteiger partial charge >= 0.3 is 0 Å². The minimum atomic E-state index is 0.332. The third-order valence-corrected chi connectivity index (χ3v) is 3.00. The van der Waals surface area contributed by atoms with Crippen LogP contribution in [0.15, 0.2) is 36.5 Å². The van der Waals surface area contributed by atoms with Crippen LogP contribution in [-0.4, -0.2) is 17.1 Å². The van der Waals surface area contributed by atoms with E-state index in [1.807, 2.05) is 6.07 Å². The van der Waals surface area contributed by atoms with Gasteiger partial charge in [-0.1, -0.05) is 23.8 Å². The number of aromatic nitrogens is 1. The van der Waals surface area contributed by atoms with Crippen molar-refractivity contribution in [1.82, 2.24) is 4.98 Å². The fourth-order valence-corrected chi connectivity index (χ4v) is 1.93. The number of ether oxygens (including phenoxy) is 1. The first kappa shape index (κ1) is 13.6. The van der Waals surface area contributed by atoms with Crippen LogP contribution >= 0.6 is 23.8 Å². The van der Waals surface area contributed by atoms with Gasteiger partial charge in [-0.2, -0.15) is 0 Å². The van der Waals surface area contributed by atoms with Gasteiger partial charge in [-0.25, -0.2) is 4.98 Å². The Morgan fingerprint density at radius 3 is 2.79 bits per heavy atom. The smallest absolute Gasteiger partial charge is 0.137 e. The number of hydrogen-bond donors (Lipinski definition) is 2. The topological polar surface area (TPSA) is 60.2 Å². The molecule has 0 radical (unpaired) electrons. The molecule has 0 unspecified atom stereocenters. The number of nitrogens with two attached hydrogens (primary N) is 1. The van der Waals surface area contributed by atoms with Crippen LogP contribution in [0.4, 0.5) is 11.5 Å². The van der Waals surface area contributed by atoms with Gasteiger partial charge < -0.3 is 15.8 Å². The van der Waals surface area contributed by atoms with Crippen LogP contribution < -0.4 is 15.8 Å². The van der Waals surface area contributed by atoms with Crippen molar-refractivity contribution in [2.45, 2.75) is 0 Å². The Labute approximate surface area is 121 Å². The summed E-state index contributed by atoms with van der Waals surface area (Å²) in [5, 5.41) is 3.65. The van der Waals surface area contributed by atoms with Gasteiger partial charge in [-0.3, -0.25) is 0 Å². The predicted octanol–water partition coefficient (Wildman–Crippen LogP) is 3.12. The van der Waals surface area contributed by atoms with Crippen LogP contribution in [0, 0.1) is 0 Å². The maximum absolute atomic E-state index is 6.05. The molecular weight excluding hydrogens is 282 g/mol. The van der Waals surface area contributed by atoms with E-state index in [0.29, 0.717) is 21.6 Å². The zero-order valence-electron chi connectivity index (χ0n) is 10.2. The summed E-state index contributed by atoms with van der Waals surface area (Å²) in [7, 11) is 1.57. The minimum absolute atomic E-state index is 0.332. The summed E-state index contributed by atoms with van der Waals surface area (Å²) in [6.07, 6.45) is 1.64. The number of hydrogen-bond acceptors (Lipinski definition) is 4. The molecule has 1 heterocycles. The molecule has 1 aromatic heterocycles. The van der Waals surface area contributed by atoms with Crippen molar-refractivity contribution in [1.29, 1.82) is 0 Å². The first-order valence-electron chi connectivity index (χ1n) is 5.46. The van der Waals surface area contributed by atoms with Crippen LogP contribution in [0.25, 0.3) is 0 Å². The van der Waals surface area contributed by atoms with Gasteiger partial charge in [0.15, 0.2) is 0 Å². The van der Waals surface area contributed by atoms with E-state index in [9.17, 15) is 0 Å². The van der Waals surface area contributed by atoms with Crippen molar-refractivity contribution in [3.8, 4) is 5.75 Å². The molecular formula is C13H12ClN3OS. The highest BCUT2D eigenvalue weighted by Crippen LogP contribution is 2.28. The molecule has 1 aromatic carbocycles. The largest absolute Gasteiger partial charge is 0.495 e. The third-order valence-electron chi connectivity index (χ3n) is 2.47. The molecule has 19 heavy (non-hydrogen) atoms. The Morgan fingerprint density at radius 1 is 1.37 bits per heavy atom. The molecule has 6 heteroatoms. The molecule has 0 fully saturated rings. The molecule has 0 saturated carbocycles. The average Bonchev–Trinajstić information content (AvgIpc) is 2.39. The van der Waals surface area contributed by atoms with Crippen LogP contribution in [0.1, 0.15) is 5.56 Å². The van der Waals surface area contributed by atoms with Gasteiger partial charge in [0, 0.05) is 17.4 Å². The highest BCUT2D eigenvalue weighted by Gasteiger charge is 2.04. The van der Waals surface area contributed by atoms with Gasteiger partial charge in [0.1, 0.15) is 16.6 Å². The van der Waals surface area contributed by atoms with Crippen molar-refractivity contribution in [2.75, 3.05) is 12.4 Å². The molecule has 0 aliphatic rings. The normalized spacial score (nSPS) is 10.0. The van der Waals surface area contributed by atoms with E-state index in [-0.39, 0.29) is 0 Å². The van der Waals surface area contributed by atoms with E-state index in [1.165, 1.54) is 0 Å². The number of rotatable bonds is 4. The molecule has 0 saturated heterocycles. The quantitative estimate of drug-likeness (QED) is 0.848. The van der Waals surface area contributed by atoms with E-state index >= 15 is 0 Å². The number of pyridine rings is 1. The molecule has 0 spiro atoms. The predicted molar refractivity (Wildman–Crippen MR) is 81.4 cm³/mol. The molecule has 0 amide bonds. The Kier molecular flexibility index (Phi) is 4.19. The molecule has 0 aliphatic carbocycles. The second-order valence-corrected chi connectivity index (χ2v) is 4.62. The van der Waals surface area contributed by atoms with Gasteiger partial charge in [0.2, 0.25) is 0 Å². The standard InChI is InChI=1S/C13H12ClN3OS/c1-18-11-3-2-9(7-10(11)14)17-12-6-8(13(15)19)4-5-16-12/h2-7H,1H3,(H2,15,19)(H,16,17). The molecule has 0 aliphatic heterocycles. The lowest BCUT2D eigenvalue weighted by Gasteiger charge is -2.09. The number of nitrogens with zero attached hydrogens (tertiary/aromatic N) is 1. The van der Waals surface area contributed by atoms with Crippen molar-refractivity contribution < 1.29 is 4.74 Å². The average molecular weight is 294 g/mol. The monoisotopic (exact) mass is 293 g/mol. The van der Waals surface area contributed by atoms with Gasteiger partial charge in [0.25, 0.3) is 0 Å². The summed E-state index contributed by atoms with van der Waals surface area (Å²) in [6, 6.07) is 8.92. The maximum atomic E-state index is 6.05. The first-order valence-corrected chi connectivity index (χ1v) is 6.25. The molecule has 0 atom stereocenters. The van der Waals surface area contributed by atoms with Crippen molar-refractivity contribution >= 4 is 40.3 Å². The Hall–Kier alpha value is -1.85. The molecule has 2 rings (SSSR count). The molecule has 3 N–H and O–H groups in total. The maximum Gasteiger partial charge on any atom is 0.137 e. The van der Waals surface area contributed by atoms with Crippen LogP contribution in [0.5, 0.6) is 5.75 Å². The van der Waals surface area contributed by atoms with Gasteiger partial charge in [-0.15, -0.1) is 0 Å². The summed E-state index contributed by atoms with van der Waals surface area (Å²) >= 11 is 11.0. The van der Waals surface area contributed by atoms with Crippen molar-refractivity contribution in [2.24, 2.45) is 5.73 Å². The molecule has 4 nitrogen and oxygen atoms in total. The van der Waals surface area contributed by atoms with E-state index in [1.54, 1.807) is 37.6 Å². The number of anilines is 2. The summed E-state index contributed by atoms with van der Waals surface area (Å²) < 4.78 is 5.09. The zero-order chi connectivity index (χ0) is 13.8. The van der Waals surface area contributed by atoms with E-state index in [0.717, 1.165) is 11.3 Å². The number of benzene rings is 1. The van der Waals surface area contributed by atoms with E-state index in [4.69, 9.17) is 34.3 Å². The van der Waals surface area contributed by atoms with Crippen LogP contribution in [0.3, 0.4) is 0 Å².